The molecular weight excluding hydrogens is 588 g/mol. The van der Waals surface area contributed by atoms with Gasteiger partial charge in [0.1, 0.15) is 36.6 Å². The number of amides is 1. The van der Waals surface area contributed by atoms with Crippen LogP contribution in [0.5, 0.6) is 0 Å². The minimum absolute atomic E-state index is 0.0541. The normalized spacial score (nSPS) is 47.5. The van der Waals surface area contributed by atoms with Crippen molar-refractivity contribution in [2.75, 3.05) is 19.7 Å². The van der Waals surface area contributed by atoms with Gasteiger partial charge in [0.15, 0.2) is 24.1 Å². The maximum atomic E-state index is 13.1. The number of nitrogens with one attached hydrogen (secondary N) is 2. The fourth-order valence-corrected chi connectivity index (χ4v) is 5.89. The van der Waals surface area contributed by atoms with Crippen molar-refractivity contribution in [3.63, 3.8) is 0 Å². The van der Waals surface area contributed by atoms with E-state index in [1.54, 1.807) is 0 Å². The van der Waals surface area contributed by atoms with Gasteiger partial charge in [-0.05, 0) is 19.4 Å². The molecule has 19 heteroatoms. The van der Waals surface area contributed by atoms with E-state index in [4.69, 9.17) is 47.6 Å². The van der Waals surface area contributed by atoms with Gasteiger partial charge in [-0.15, -0.1) is 0 Å². The molecule has 0 radical (unpaired) electrons. The summed E-state index contributed by atoms with van der Waals surface area (Å²) in [6.07, 6.45) is -12.5. The molecule has 1 amide bonds. The number of aliphatic hydroxyl groups is 6. The van der Waals surface area contributed by atoms with Gasteiger partial charge in [0.25, 0.3) is 5.91 Å². The van der Waals surface area contributed by atoms with Crippen LogP contribution in [0.15, 0.2) is 4.99 Å². The third kappa shape index (κ3) is 7.42. The molecule has 4 aliphatic rings. The van der Waals surface area contributed by atoms with E-state index in [1.807, 2.05) is 6.92 Å². The first-order valence-electron chi connectivity index (χ1n) is 14.8. The van der Waals surface area contributed by atoms with Gasteiger partial charge < -0.3 is 88.9 Å². The predicted molar refractivity (Wildman–Crippen MR) is 151 cm³/mol. The highest BCUT2D eigenvalue weighted by Crippen LogP contribution is 2.40. The molecule has 2 unspecified atom stereocenters. The summed E-state index contributed by atoms with van der Waals surface area (Å²) in [6, 6.07) is -4.94. The van der Waals surface area contributed by atoms with Crippen LogP contribution in [-0.4, -0.2) is 159 Å². The minimum atomic E-state index is -1.92. The molecule has 44 heavy (non-hydrogen) atoms. The second-order valence-corrected chi connectivity index (χ2v) is 12.0. The van der Waals surface area contributed by atoms with Crippen molar-refractivity contribution < 1.29 is 54.4 Å². The van der Waals surface area contributed by atoms with Gasteiger partial charge in [0.2, 0.25) is 0 Å². The Morgan fingerprint density at radius 1 is 0.955 bits per heavy atom. The highest BCUT2D eigenvalue weighted by Gasteiger charge is 2.61. The SMILES string of the molecule is CCNC[C@H]1O[C@H](O[C@H]2[C@H](O)[C@@H](O[C@H]3O[C@H](CO)[C@@H](O)[C@H](N)[C@H]3O)[C@H](NC(=O)C3(O)CC3N=C(N)N)C[C@@H]2N)[C@H](N)C[C@@H]1O. The fraction of sp³-hybridized carbons (Fsp3) is 0.920. The van der Waals surface area contributed by atoms with Crippen LogP contribution in [0.2, 0.25) is 0 Å². The maximum Gasteiger partial charge on any atom is 0.254 e. The van der Waals surface area contributed by atoms with E-state index in [2.05, 4.69) is 15.6 Å². The molecule has 2 heterocycles. The van der Waals surface area contributed by atoms with Crippen LogP contribution in [0.4, 0.5) is 0 Å². The molecule has 2 saturated carbocycles. The van der Waals surface area contributed by atoms with Gasteiger partial charge in [0, 0.05) is 19.0 Å². The van der Waals surface area contributed by atoms with Crippen LogP contribution in [0.3, 0.4) is 0 Å². The first-order valence-corrected chi connectivity index (χ1v) is 14.8. The average Bonchev–Trinajstić information content (AvgIpc) is 3.62. The number of aliphatic imine (C=N–C) groups is 1. The van der Waals surface area contributed by atoms with Gasteiger partial charge in [-0.3, -0.25) is 4.79 Å². The fourth-order valence-electron chi connectivity index (χ4n) is 5.89. The Labute approximate surface area is 254 Å². The summed E-state index contributed by atoms with van der Waals surface area (Å²) in [4.78, 5) is 17.0. The summed E-state index contributed by atoms with van der Waals surface area (Å²) >= 11 is 0. The summed E-state index contributed by atoms with van der Waals surface area (Å²) in [5, 5.41) is 69.1. The van der Waals surface area contributed by atoms with E-state index in [0.717, 1.165) is 0 Å². The summed E-state index contributed by atoms with van der Waals surface area (Å²) in [5.41, 5.74) is 27.4. The predicted octanol–water partition coefficient (Wildman–Crippen LogP) is -7.71. The molecular formula is C25H48N8O11. The first kappa shape index (κ1) is 35.0. The number of hydrogen-bond donors (Lipinski definition) is 13. The maximum absolute atomic E-state index is 13.1. The van der Waals surface area contributed by atoms with Crippen molar-refractivity contribution in [1.29, 1.82) is 0 Å². The molecule has 0 aromatic rings. The summed E-state index contributed by atoms with van der Waals surface area (Å²) in [6.45, 7) is 2.20. The molecule has 2 aliphatic heterocycles. The van der Waals surface area contributed by atoms with E-state index in [9.17, 15) is 35.4 Å². The van der Waals surface area contributed by atoms with Gasteiger partial charge in [-0.1, -0.05) is 6.92 Å². The van der Waals surface area contributed by atoms with Crippen molar-refractivity contribution in [2.45, 2.75) is 123 Å². The lowest BCUT2D eigenvalue weighted by atomic mass is 9.83. The summed E-state index contributed by atoms with van der Waals surface area (Å²) in [7, 11) is 0. The number of nitrogens with two attached hydrogens (primary N) is 5. The van der Waals surface area contributed by atoms with E-state index >= 15 is 0 Å². The number of nitrogens with zero attached hydrogens (tertiary/aromatic N) is 1. The van der Waals surface area contributed by atoms with E-state index in [0.29, 0.717) is 13.1 Å². The lowest BCUT2D eigenvalue weighted by Gasteiger charge is -2.48. The highest BCUT2D eigenvalue weighted by molar-refractivity contribution is 5.90. The van der Waals surface area contributed by atoms with Crippen molar-refractivity contribution in [3.05, 3.63) is 0 Å². The number of carbonyl (C=O) groups is 1. The number of aliphatic hydroxyl groups excluding tert-OH is 5. The number of carbonyl (C=O) groups excluding carboxylic acids is 1. The van der Waals surface area contributed by atoms with Gasteiger partial charge in [-0.25, -0.2) is 4.99 Å². The molecule has 18 N–H and O–H groups in total. The largest absolute Gasteiger partial charge is 0.394 e. The third-order valence-corrected chi connectivity index (χ3v) is 8.64. The third-order valence-electron chi connectivity index (χ3n) is 8.64. The van der Waals surface area contributed by atoms with Crippen LogP contribution in [0, 0.1) is 0 Å². The quantitative estimate of drug-likeness (QED) is 0.0739. The molecule has 254 valence electrons. The minimum Gasteiger partial charge on any atom is -0.394 e. The Morgan fingerprint density at radius 2 is 1.61 bits per heavy atom. The number of guanidine groups is 1. The summed E-state index contributed by atoms with van der Waals surface area (Å²) in [5.74, 6) is -1.16. The zero-order chi connectivity index (χ0) is 32.5. The number of ether oxygens (including phenoxy) is 4. The lowest BCUT2D eigenvalue weighted by molar-refractivity contribution is -0.316. The molecule has 0 aromatic heterocycles. The molecule has 0 spiro atoms. The lowest BCUT2D eigenvalue weighted by Crippen LogP contribution is -2.69. The van der Waals surface area contributed by atoms with Crippen molar-refractivity contribution in [1.82, 2.24) is 10.6 Å². The average molecular weight is 637 g/mol. The van der Waals surface area contributed by atoms with E-state index in [-0.39, 0.29) is 25.2 Å². The van der Waals surface area contributed by atoms with Crippen molar-refractivity contribution >= 4 is 11.9 Å². The van der Waals surface area contributed by atoms with Gasteiger partial charge >= 0.3 is 0 Å². The summed E-state index contributed by atoms with van der Waals surface area (Å²) < 4.78 is 23.5. The molecule has 0 bridgehead atoms. The monoisotopic (exact) mass is 636 g/mol. The second kappa shape index (κ2) is 14.3. The van der Waals surface area contributed by atoms with Crippen LogP contribution in [0.25, 0.3) is 0 Å². The van der Waals surface area contributed by atoms with Crippen molar-refractivity contribution in [3.8, 4) is 0 Å². The Bertz CT molecular complexity index is 1010. The zero-order valence-corrected chi connectivity index (χ0v) is 24.5. The topological polar surface area (TPSA) is 342 Å². The Kier molecular flexibility index (Phi) is 11.4. The van der Waals surface area contributed by atoms with Crippen LogP contribution >= 0.6 is 0 Å². The molecule has 4 fully saturated rings. The van der Waals surface area contributed by atoms with Crippen molar-refractivity contribution in [2.24, 2.45) is 33.7 Å². The molecule has 19 nitrogen and oxygen atoms in total. The number of hydrogen-bond acceptors (Lipinski definition) is 16. The zero-order valence-electron chi connectivity index (χ0n) is 24.5. The molecule has 2 aliphatic carbocycles. The van der Waals surface area contributed by atoms with E-state index in [1.165, 1.54) is 0 Å². The van der Waals surface area contributed by atoms with Gasteiger partial charge in [-0.2, -0.15) is 0 Å². The standard InChI is InChI=1S/C25H48N8O11/c1-2-31-6-12-11(35)4-9(27)21(41-12)43-19-8(26)3-10(32-23(39)25(40)5-14(25)33-24(29)30)20(18(19)38)44-22-17(37)15(28)16(36)13(7-34)42-22/h8-22,31,34-38,40H,2-7,26-28H2,1H3,(H,32,39)(H4,29,30,33)/t8-,9+,10+,11-,12+,13+,14?,15-,16+,17+,18-,19+,20-,21+,22+,25?/m0/s1. The molecule has 4 rings (SSSR count). The molecule has 16 atom stereocenters. The first-order chi connectivity index (χ1) is 20.7. The molecule has 2 saturated heterocycles. The van der Waals surface area contributed by atoms with Gasteiger partial charge in [0.05, 0.1) is 43.0 Å². The van der Waals surface area contributed by atoms with Crippen LogP contribution in [-0.2, 0) is 23.7 Å². The Balaban J connectivity index is 1.55. The molecule has 0 aromatic carbocycles. The number of rotatable bonds is 11. The Morgan fingerprint density at radius 3 is 2.25 bits per heavy atom. The smallest absolute Gasteiger partial charge is 0.254 e. The highest BCUT2D eigenvalue weighted by atomic mass is 16.7. The van der Waals surface area contributed by atoms with Crippen LogP contribution in [0.1, 0.15) is 26.2 Å². The Hall–Kier alpha value is -1.82. The number of likely N-dealkylation sites (N-methyl/N-ethyl adjacent to an activating group) is 1. The van der Waals surface area contributed by atoms with E-state index < -0.39 is 110 Å². The van der Waals surface area contributed by atoms with Crippen LogP contribution < -0.4 is 39.3 Å². The second-order valence-electron chi connectivity index (χ2n) is 12.0.